The topological polar surface area (TPSA) is 82.9 Å². The molecule has 0 spiro atoms. The Balaban J connectivity index is 1.61. The number of aliphatic imine (C=N–C) groups is 1. The van der Waals surface area contributed by atoms with Crippen molar-refractivity contribution in [2.75, 3.05) is 6.54 Å². The van der Waals surface area contributed by atoms with Crippen LogP contribution in [0.25, 0.3) is 17.3 Å². The zero-order valence-electron chi connectivity index (χ0n) is 16.3. The largest absolute Gasteiger partial charge is 0.478 e. The molecule has 0 saturated carbocycles. The monoisotopic (exact) mass is 447 g/mol. The van der Waals surface area contributed by atoms with Crippen LogP contribution in [-0.4, -0.2) is 38.6 Å². The number of amides is 1. The number of carbonyl (C=O) groups excluding carboxylic acids is 1. The van der Waals surface area contributed by atoms with E-state index in [2.05, 4.69) is 16.6 Å². The molecule has 154 valence electrons. The van der Waals surface area contributed by atoms with E-state index in [0.717, 1.165) is 16.8 Å². The van der Waals surface area contributed by atoms with Crippen LogP contribution in [0, 0.1) is 0 Å². The highest BCUT2D eigenvalue weighted by atomic mass is 32.2. The lowest BCUT2D eigenvalue weighted by molar-refractivity contribution is -0.121. The van der Waals surface area contributed by atoms with Crippen molar-refractivity contribution in [1.29, 1.82) is 0 Å². The summed E-state index contributed by atoms with van der Waals surface area (Å²) in [7, 11) is 0. The number of thiazole rings is 1. The van der Waals surface area contributed by atoms with E-state index in [4.69, 9.17) is 5.11 Å². The lowest BCUT2D eigenvalue weighted by Crippen LogP contribution is -2.29. The molecular weight excluding hydrogens is 430 g/mol. The number of amidine groups is 1. The van der Waals surface area contributed by atoms with Crippen LogP contribution in [0.1, 0.15) is 15.9 Å². The summed E-state index contributed by atoms with van der Waals surface area (Å²) in [5.74, 6) is -1.17. The van der Waals surface area contributed by atoms with Crippen molar-refractivity contribution < 1.29 is 14.7 Å². The van der Waals surface area contributed by atoms with Crippen molar-refractivity contribution in [1.82, 2.24) is 9.88 Å². The Labute approximate surface area is 187 Å². The van der Waals surface area contributed by atoms with Gasteiger partial charge in [-0.25, -0.2) is 9.78 Å². The van der Waals surface area contributed by atoms with Crippen molar-refractivity contribution in [3.05, 3.63) is 88.7 Å². The quantitative estimate of drug-likeness (QED) is 0.410. The van der Waals surface area contributed by atoms with Gasteiger partial charge in [-0.15, -0.1) is 17.9 Å². The van der Waals surface area contributed by atoms with Gasteiger partial charge in [-0.1, -0.05) is 48.5 Å². The second kappa shape index (κ2) is 9.11. The molecule has 6 nitrogen and oxygen atoms in total. The number of carboxylic acids is 1. The van der Waals surface area contributed by atoms with Crippen LogP contribution in [0.2, 0.25) is 0 Å². The molecule has 0 unspecified atom stereocenters. The molecular formula is C23H17N3O3S2. The van der Waals surface area contributed by atoms with Crippen molar-refractivity contribution in [2.45, 2.75) is 0 Å². The van der Waals surface area contributed by atoms with E-state index in [0.29, 0.717) is 21.7 Å². The summed E-state index contributed by atoms with van der Waals surface area (Å²) in [5, 5.41) is 12.1. The van der Waals surface area contributed by atoms with Gasteiger partial charge in [0.15, 0.2) is 5.17 Å². The van der Waals surface area contributed by atoms with E-state index in [9.17, 15) is 9.59 Å². The minimum atomic E-state index is -0.990. The van der Waals surface area contributed by atoms with Gasteiger partial charge >= 0.3 is 5.97 Å². The number of carbonyl (C=O) groups is 2. The third kappa shape index (κ3) is 4.65. The number of hydrogen-bond donors (Lipinski definition) is 1. The maximum Gasteiger partial charge on any atom is 0.335 e. The second-order valence-corrected chi connectivity index (χ2v) is 8.36. The summed E-state index contributed by atoms with van der Waals surface area (Å²) in [6.45, 7) is 4.06. The molecule has 0 aliphatic carbocycles. The van der Waals surface area contributed by atoms with Gasteiger partial charge in [0.05, 0.1) is 16.2 Å². The fourth-order valence-corrected chi connectivity index (χ4v) is 4.64. The van der Waals surface area contributed by atoms with E-state index in [1.807, 2.05) is 35.7 Å². The van der Waals surface area contributed by atoms with Gasteiger partial charge in [-0.3, -0.25) is 9.69 Å². The van der Waals surface area contributed by atoms with Crippen LogP contribution in [0.4, 0.5) is 5.13 Å². The minimum Gasteiger partial charge on any atom is -0.478 e. The average Bonchev–Trinajstić information content (AvgIpc) is 3.36. The first-order valence-corrected chi connectivity index (χ1v) is 11.0. The van der Waals surface area contributed by atoms with Crippen LogP contribution >= 0.6 is 23.1 Å². The van der Waals surface area contributed by atoms with Crippen molar-refractivity contribution in [3.63, 3.8) is 0 Å². The normalized spacial score (nSPS) is 16.3. The van der Waals surface area contributed by atoms with Gasteiger partial charge in [-0.05, 0) is 35.5 Å². The maximum absolute atomic E-state index is 12.9. The molecule has 1 fully saturated rings. The predicted molar refractivity (Wildman–Crippen MR) is 126 cm³/mol. The van der Waals surface area contributed by atoms with E-state index in [1.165, 1.54) is 35.2 Å². The number of hydrogen-bond acceptors (Lipinski definition) is 6. The van der Waals surface area contributed by atoms with E-state index in [1.54, 1.807) is 29.2 Å². The van der Waals surface area contributed by atoms with Crippen LogP contribution in [0.3, 0.4) is 0 Å². The summed E-state index contributed by atoms with van der Waals surface area (Å²) in [5.41, 5.74) is 2.78. The van der Waals surface area contributed by atoms with Crippen molar-refractivity contribution in [3.8, 4) is 11.3 Å². The van der Waals surface area contributed by atoms with Gasteiger partial charge in [0.2, 0.25) is 5.13 Å². The molecule has 2 aromatic carbocycles. The smallest absolute Gasteiger partial charge is 0.335 e. The Morgan fingerprint density at radius 2 is 1.90 bits per heavy atom. The molecule has 0 bridgehead atoms. The summed E-state index contributed by atoms with van der Waals surface area (Å²) in [6, 6.07) is 16.2. The highest BCUT2D eigenvalue weighted by Gasteiger charge is 2.32. The first-order chi connectivity index (χ1) is 15.0. The number of benzene rings is 2. The highest BCUT2D eigenvalue weighted by Crippen LogP contribution is 2.35. The van der Waals surface area contributed by atoms with E-state index >= 15 is 0 Å². The van der Waals surface area contributed by atoms with E-state index in [-0.39, 0.29) is 11.5 Å². The molecule has 1 N–H and O–H groups in total. The number of thioether (sulfide) groups is 1. The van der Waals surface area contributed by atoms with Crippen LogP contribution < -0.4 is 0 Å². The Bertz CT molecular complexity index is 1200. The molecule has 2 heterocycles. The molecule has 1 saturated heterocycles. The highest BCUT2D eigenvalue weighted by molar-refractivity contribution is 8.18. The van der Waals surface area contributed by atoms with Gasteiger partial charge in [0.25, 0.3) is 5.91 Å². The van der Waals surface area contributed by atoms with Gasteiger partial charge < -0.3 is 5.11 Å². The summed E-state index contributed by atoms with van der Waals surface area (Å²) < 4.78 is 0. The van der Waals surface area contributed by atoms with Gasteiger partial charge in [-0.2, -0.15) is 4.99 Å². The van der Waals surface area contributed by atoms with Crippen LogP contribution in [0.15, 0.2) is 82.5 Å². The average molecular weight is 448 g/mol. The number of rotatable bonds is 6. The maximum atomic E-state index is 12.9. The van der Waals surface area contributed by atoms with Gasteiger partial charge in [0.1, 0.15) is 0 Å². The molecule has 4 rings (SSSR count). The van der Waals surface area contributed by atoms with Crippen molar-refractivity contribution in [2.24, 2.45) is 4.99 Å². The Morgan fingerprint density at radius 1 is 1.16 bits per heavy atom. The standard InChI is InChI=1S/C23H17N3O3S2/c1-2-12-26-20(27)19(13-15-8-10-17(11-9-15)21(28)29)31-23(26)25-22-24-18(14-30-22)16-6-4-3-5-7-16/h2-11,13-14H,1,12H2,(H,28,29)/b19-13-,25-23+. The molecule has 1 amide bonds. The fourth-order valence-electron chi connectivity index (χ4n) is 2.89. The summed E-state index contributed by atoms with van der Waals surface area (Å²) in [4.78, 5) is 35.2. The lowest BCUT2D eigenvalue weighted by Gasteiger charge is -2.11. The second-order valence-electron chi connectivity index (χ2n) is 6.52. The zero-order valence-corrected chi connectivity index (χ0v) is 17.9. The molecule has 0 atom stereocenters. The molecule has 1 aromatic heterocycles. The predicted octanol–water partition coefficient (Wildman–Crippen LogP) is 5.30. The first-order valence-electron chi connectivity index (χ1n) is 9.30. The molecule has 8 heteroatoms. The first kappa shape index (κ1) is 20.8. The third-order valence-electron chi connectivity index (χ3n) is 4.41. The lowest BCUT2D eigenvalue weighted by atomic mass is 10.1. The Hall–Kier alpha value is -3.49. The summed E-state index contributed by atoms with van der Waals surface area (Å²) >= 11 is 2.67. The molecule has 31 heavy (non-hydrogen) atoms. The minimum absolute atomic E-state index is 0.175. The number of nitrogens with zero attached hydrogens (tertiary/aromatic N) is 3. The SMILES string of the molecule is C=CCN1C(=O)/C(=C/c2ccc(C(=O)O)cc2)S/C1=N/c1nc(-c2ccccc2)cs1. The van der Waals surface area contributed by atoms with Crippen molar-refractivity contribution >= 4 is 51.4 Å². The molecule has 1 aliphatic heterocycles. The summed E-state index contributed by atoms with van der Waals surface area (Å²) in [6.07, 6.45) is 3.38. The van der Waals surface area contributed by atoms with Crippen LogP contribution in [0.5, 0.6) is 0 Å². The fraction of sp³-hybridized carbons (Fsp3) is 0.0435. The number of aromatic carboxylic acids is 1. The molecule has 0 radical (unpaired) electrons. The molecule has 3 aromatic rings. The van der Waals surface area contributed by atoms with E-state index < -0.39 is 5.97 Å². The Morgan fingerprint density at radius 3 is 2.58 bits per heavy atom. The van der Waals surface area contributed by atoms with Gasteiger partial charge in [0, 0.05) is 17.5 Å². The third-order valence-corrected chi connectivity index (χ3v) is 6.15. The number of aromatic nitrogens is 1. The number of carboxylic acid groups (broad SMARTS) is 1. The zero-order chi connectivity index (χ0) is 21.8. The molecule has 1 aliphatic rings. The Kier molecular flexibility index (Phi) is 6.11. The van der Waals surface area contributed by atoms with Crippen LogP contribution in [-0.2, 0) is 4.79 Å².